The molecule has 1 heterocycles. The molecule has 2 rings (SSSR count). The molecule has 0 unspecified atom stereocenters. The van der Waals surface area contributed by atoms with Gasteiger partial charge in [-0.1, -0.05) is 11.6 Å². The van der Waals surface area contributed by atoms with E-state index in [9.17, 15) is 13.2 Å². The third-order valence-corrected chi connectivity index (χ3v) is 4.62. The van der Waals surface area contributed by atoms with Gasteiger partial charge in [0.05, 0.1) is 15.6 Å². The third kappa shape index (κ3) is 3.94. The summed E-state index contributed by atoms with van der Waals surface area (Å²) >= 11 is 6.06. The van der Waals surface area contributed by atoms with Crippen LogP contribution in [0.3, 0.4) is 0 Å². The SMILES string of the molecule is Cc1cc(S(N)(=O)=O)cc(Cl)c1NC(=O)C1CCOCC1. The van der Waals surface area contributed by atoms with Crippen molar-refractivity contribution in [3.05, 3.63) is 22.7 Å². The zero-order chi connectivity index (χ0) is 15.6. The van der Waals surface area contributed by atoms with Crippen molar-refractivity contribution in [1.29, 1.82) is 0 Å². The smallest absolute Gasteiger partial charge is 0.238 e. The zero-order valence-electron chi connectivity index (χ0n) is 11.6. The molecule has 1 saturated heterocycles. The molecule has 0 saturated carbocycles. The van der Waals surface area contributed by atoms with Crippen molar-refractivity contribution in [2.45, 2.75) is 24.7 Å². The van der Waals surface area contributed by atoms with Crippen LogP contribution in [-0.2, 0) is 19.6 Å². The highest BCUT2D eigenvalue weighted by molar-refractivity contribution is 7.89. The summed E-state index contributed by atoms with van der Waals surface area (Å²) in [5.41, 5.74) is 0.965. The van der Waals surface area contributed by atoms with Gasteiger partial charge in [0.15, 0.2) is 0 Å². The first-order chi connectivity index (χ1) is 9.79. The maximum atomic E-state index is 12.2. The molecule has 1 fully saturated rings. The van der Waals surface area contributed by atoms with Gasteiger partial charge in [0.25, 0.3) is 0 Å². The third-order valence-electron chi connectivity index (χ3n) is 3.43. The molecular weight excluding hydrogens is 316 g/mol. The highest BCUT2D eigenvalue weighted by Crippen LogP contribution is 2.30. The second-order valence-electron chi connectivity index (χ2n) is 5.02. The molecule has 6 nitrogen and oxygen atoms in total. The Morgan fingerprint density at radius 2 is 2.00 bits per heavy atom. The van der Waals surface area contributed by atoms with E-state index in [1.807, 2.05) is 0 Å². The summed E-state index contributed by atoms with van der Waals surface area (Å²) in [4.78, 5) is 12.1. The van der Waals surface area contributed by atoms with Crippen LogP contribution >= 0.6 is 11.6 Å². The van der Waals surface area contributed by atoms with Gasteiger partial charge in [0.2, 0.25) is 15.9 Å². The number of aryl methyl sites for hydroxylation is 1. The summed E-state index contributed by atoms with van der Waals surface area (Å²) in [5.74, 6) is -0.251. The van der Waals surface area contributed by atoms with E-state index in [4.69, 9.17) is 21.5 Å². The van der Waals surface area contributed by atoms with E-state index in [1.54, 1.807) is 6.92 Å². The van der Waals surface area contributed by atoms with Crippen LogP contribution in [0.1, 0.15) is 18.4 Å². The predicted molar refractivity (Wildman–Crippen MR) is 79.7 cm³/mol. The number of primary sulfonamides is 1. The van der Waals surface area contributed by atoms with Gasteiger partial charge in [-0.25, -0.2) is 13.6 Å². The number of benzene rings is 1. The Kier molecular flexibility index (Phi) is 4.88. The minimum atomic E-state index is -3.83. The maximum absolute atomic E-state index is 12.2. The molecule has 21 heavy (non-hydrogen) atoms. The van der Waals surface area contributed by atoms with Crippen LogP contribution < -0.4 is 10.5 Å². The van der Waals surface area contributed by atoms with Crippen LogP contribution in [0.5, 0.6) is 0 Å². The summed E-state index contributed by atoms with van der Waals surface area (Å²) in [6, 6.07) is 2.63. The molecule has 8 heteroatoms. The van der Waals surface area contributed by atoms with Crippen LogP contribution in [0.25, 0.3) is 0 Å². The Morgan fingerprint density at radius 1 is 1.38 bits per heavy atom. The van der Waals surface area contributed by atoms with Crippen LogP contribution in [0, 0.1) is 12.8 Å². The summed E-state index contributed by atoms with van der Waals surface area (Å²) in [6.07, 6.45) is 1.33. The fraction of sp³-hybridized carbons (Fsp3) is 0.462. The van der Waals surface area contributed by atoms with E-state index in [2.05, 4.69) is 5.32 Å². The van der Waals surface area contributed by atoms with Gasteiger partial charge >= 0.3 is 0 Å². The highest BCUT2D eigenvalue weighted by atomic mass is 35.5. The minimum Gasteiger partial charge on any atom is -0.381 e. The molecule has 116 valence electrons. The number of hydrogen-bond acceptors (Lipinski definition) is 4. The molecule has 0 spiro atoms. The normalized spacial score (nSPS) is 16.7. The van der Waals surface area contributed by atoms with E-state index in [-0.39, 0.29) is 21.7 Å². The van der Waals surface area contributed by atoms with Gasteiger partial charge < -0.3 is 10.1 Å². The van der Waals surface area contributed by atoms with E-state index >= 15 is 0 Å². The topological polar surface area (TPSA) is 98.5 Å². The molecule has 0 atom stereocenters. The standard InChI is InChI=1S/C13H17ClN2O4S/c1-8-6-10(21(15,18)19)7-11(14)12(8)16-13(17)9-2-4-20-5-3-9/h6-7,9H,2-5H2,1H3,(H,16,17)(H2,15,18,19). The Labute approximate surface area is 128 Å². The van der Waals surface area contributed by atoms with Crippen molar-refractivity contribution in [3.63, 3.8) is 0 Å². The van der Waals surface area contributed by atoms with Gasteiger partial charge in [0, 0.05) is 19.1 Å². The summed E-state index contributed by atoms with van der Waals surface area (Å²) < 4.78 is 27.9. The molecular formula is C13H17ClN2O4S. The Morgan fingerprint density at radius 3 is 2.52 bits per heavy atom. The largest absolute Gasteiger partial charge is 0.381 e. The molecule has 3 N–H and O–H groups in total. The Hall–Kier alpha value is -1.15. The molecule has 1 aliphatic rings. The van der Waals surface area contributed by atoms with Gasteiger partial charge in [-0.15, -0.1) is 0 Å². The van der Waals surface area contributed by atoms with Crippen LogP contribution in [-0.4, -0.2) is 27.5 Å². The molecule has 1 aromatic rings. The maximum Gasteiger partial charge on any atom is 0.238 e. The predicted octanol–water partition coefficient (Wildman–Crippen LogP) is 1.66. The van der Waals surface area contributed by atoms with Crippen LogP contribution in [0.15, 0.2) is 17.0 Å². The number of anilines is 1. The summed E-state index contributed by atoms with van der Waals surface area (Å²) in [7, 11) is -3.83. The second kappa shape index (κ2) is 6.31. The number of halogens is 1. The molecule has 0 bridgehead atoms. The average molecular weight is 333 g/mol. The van der Waals surface area contributed by atoms with E-state index in [0.717, 1.165) is 0 Å². The molecule has 1 aromatic carbocycles. The van der Waals surface area contributed by atoms with Gasteiger partial charge in [0.1, 0.15) is 0 Å². The number of carbonyl (C=O) groups excluding carboxylic acids is 1. The molecule has 0 radical (unpaired) electrons. The number of carbonyl (C=O) groups is 1. The number of nitrogens with two attached hydrogens (primary N) is 1. The molecule has 1 aliphatic heterocycles. The first-order valence-electron chi connectivity index (χ1n) is 6.50. The van der Waals surface area contributed by atoms with Crippen molar-refractivity contribution in [3.8, 4) is 0 Å². The molecule has 0 aromatic heterocycles. The van der Waals surface area contributed by atoms with E-state index < -0.39 is 10.0 Å². The van der Waals surface area contributed by atoms with Crippen LogP contribution in [0.4, 0.5) is 5.69 Å². The van der Waals surface area contributed by atoms with E-state index in [1.165, 1.54) is 12.1 Å². The summed E-state index contributed by atoms with van der Waals surface area (Å²) in [5, 5.41) is 7.99. The number of sulfonamides is 1. The van der Waals surface area contributed by atoms with Crippen molar-refractivity contribution in [1.82, 2.24) is 0 Å². The van der Waals surface area contributed by atoms with Crippen LogP contribution in [0.2, 0.25) is 5.02 Å². The van der Waals surface area contributed by atoms with Gasteiger partial charge in [-0.2, -0.15) is 0 Å². The lowest BCUT2D eigenvalue weighted by atomic mass is 9.99. The number of ether oxygens (including phenoxy) is 1. The Bertz CT molecular complexity index is 631. The minimum absolute atomic E-state index is 0.0749. The highest BCUT2D eigenvalue weighted by Gasteiger charge is 2.23. The first-order valence-corrected chi connectivity index (χ1v) is 8.43. The second-order valence-corrected chi connectivity index (χ2v) is 6.99. The number of hydrogen-bond donors (Lipinski definition) is 2. The number of nitrogens with one attached hydrogen (secondary N) is 1. The quantitative estimate of drug-likeness (QED) is 0.879. The van der Waals surface area contributed by atoms with Crippen molar-refractivity contribution in [2.24, 2.45) is 11.1 Å². The van der Waals surface area contributed by atoms with E-state index in [0.29, 0.717) is 37.3 Å². The first kappa shape index (κ1) is 16.2. The fourth-order valence-electron chi connectivity index (χ4n) is 2.22. The average Bonchev–Trinajstić information content (AvgIpc) is 2.42. The van der Waals surface area contributed by atoms with Gasteiger partial charge in [-0.05, 0) is 37.5 Å². The lowest BCUT2D eigenvalue weighted by molar-refractivity contribution is -0.122. The number of amides is 1. The van der Waals surface area contributed by atoms with Crippen molar-refractivity contribution >= 4 is 33.2 Å². The lowest BCUT2D eigenvalue weighted by Crippen LogP contribution is -2.29. The molecule has 0 aliphatic carbocycles. The monoisotopic (exact) mass is 332 g/mol. The van der Waals surface area contributed by atoms with Crippen molar-refractivity contribution in [2.75, 3.05) is 18.5 Å². The van der Waals surface area contributed by atoms with Gasteiger partial charge in [-0.3, -0.25) is 4.79 Å². The lowest BCUT2D eigenvalue weighted by Gasteiger charge is -2.22. The molecule has 1 amide bonds. The zero-order valence-corrected chi connectivity index (χ0v) is 13.1. The summed E-state index contributed by atoms with van der Waals surface area (Å²) in [6.45, 7) is 2.80. The van der Waals surface area contributed by atoms with Crippen molar-refractivity contribution < 1.29 is 17.9 Å². The number of rotatable bonds is 3. The fourth-order valence-corrected chi connectivity index (χ4v) is 3.22. The Balaban J connectivity index is 2.22.